The number of hydrogen-bond acceptors (Lipinski definition) is 3. The highest BCUT2D eigenvalue weighted by atomic mass is 16.3. The molecule has 2 unspecified atom stereocenters. The van der Waals surface area contributed by atoms with Crippen molar-refractivity contribution in [3.05, 3.63) is 71.3 Å². The molecule has 2 aliphatic rings. The van der Waals surface area contributed by atoms with Gasteiger partial charge in [-0.2, -0.15) is 5.26 Å². The third kappa shape index (κ3) is 3.46. The van der Waals surface area contributed by atoms with E-state index in [0.717, 1.165) is 24.9 Å². The minimum atomic E-state index is -0.618. The zero-order valence-corrected chi connectivity index (χ0v) is 14.4. The average molecular weight is 332 g/mol. The summed E-state index contributed by atoms with van der Waals surface area (Å²) in [5.41, 5.74) is 2.54. The van der Waals surface area contributed by atoms with Gasteiger partial charge in [0.15, 0.2) is 0 Å². The van der Waals surface area contributed by atoms with Crippen molar-refractivity contribution in [3.63, 3.8) is 0 Å². The van der Waals surface area contributed by atoms with Gasteiger partial charge in [-0.15, -0.1) is 0 Å². The van der Waals surface area contributed by atoms with Crippen molar-refractivity contribution >= 4 is 0 Å². The monoisotopic (exact) mass is 332 g/mol. The molecule has 0 spiro atoms. The Hall–Kier alpha value is -2.15. The first-order valence-corrected chi connectivity index (χ1v) is 9.16. The molecule has 0 saturated carbocycles. The number of rotatable bonds is 4. The van der Waals surface area contributed by atoms with E-state index in [9.17, 15) is 5.11 Å². The summed E-state index contributed by atoms with van der Waals surface area (Å²) in [6.07, 6.45) is 4.75. The molecule has 128 valence electrons. The Kier molecular flexibility index (Phi) is 4.33. The van der Waals surface area contributed by atoms with Crippen LogP contribution in [0, 0.1) is 11.3 Å². The lowest BCUT2D eigenvalue weighted by Gasteiger charge is -2.44. The van der Waals surface area contributed by atoms with Crippen LogP contribution >= 0.6 is 0 Å². The van der Waals surface area contributed by atoms with Gasteiger partial charge in [0.05, 0.1) is 17.2 Å². The van der Waals surface area contributed by atoms with Gasteiger partial charge in [-0.05, 0) is 48.9 Å². The van der Waals surface area contributed by atoms with Crippen molar-refractivity contribution in [3.8, 4) is 6.07 Å². The van der Waals surface area contributed by atoms with Crippen LogP contribution < -0.4 is 0 Å². The standard InChI is InChI=1S/C22H24N2O/c23-15-18-8-6-17(7-9-18)12-22(25)13-20-10-11-21(14-22)24(20)16-19-4-2-1-3-5-19/h1-9,20-21,25H,10-14,16H2. The molecule has 3 heteroatoms. The fourth-order valence-electron chi connectivity index (χ4n) is 4.69. The lowest BCUT2D eigenvalue weighted by atomic mass is 9.81. The normalized spacial score (nSPS) is 28.6. The van der Waals surface area contributed by atoms with Gasteiger partial charge in [-0.1, -0.05) is 42.5 Å². The summed E-state index contributed by atoms with van der Waals surface area (Å²) in [6.45, 7) is 0.989. The van der Waals surface area contributed by atoms with Crippen molar-refractivity contribution in [1.82, 2.24) is 4.90 Å². The van der Waals surface area contributed by atoms with Gasteiger partial charge in [0.25, 0.3) is 0 Å². The highest BCUT2D eigenvalue weighted by Crippen LogP contribution is 2.42. The number of nitrogens with zero attached hydrogens (tertiary/aromatic N) is 2. The predicted molar refractivity (Wildman–Crippen MR) is 97.8 cm³/mol. The SMILES string of the molecule is N#Cc1ccc(CC2(O)CC3CCC(C2)N3Cc2ccccc2)cc1. The van der Waals surface area contributed by atoms with E-state index in [1.54, 1.807) is 0 Å². The van der Waals surface area contributed by atoms with Crippen molar-refractivity contribution < 1.29 is 5.11 Å². The van der Waals surface area contributed by atoms with E-state index < -0.39 is 5.60 Å². The summed E-state index contributed by atoms with van der Waals surface area (Å²) >= 11 is 0. The summed E-state index contributed by atoms with van der Waals surface area (Å²) in [5, 5.41) is 20.1. The summed E-state index contributed by atoms with van der Waals surface area (Å²) in [5.74, 6) is 0. The Morgan fingerprint density at radius 2 is 1.60 bits per heavy atom. The molecule has 3 nitrogen and oxygen atoms in total. The topological polar surface area (TPSA) is 47.3 Å². The number of hydrogen-bond donors (Lipinski definition) is 1. The van der Waals surface area contributed by atoms with E-state index in [1.165, 1.54) is 18.4 Å². The molecule has 2 heterocycles. The maximum atomic E-state index is 11.2. The lowest BCUT2D eigenvalue weighted by Crippen LogP contribution is -2.51. The molecule has 1 N–H and O–H groups in total. The molecule has 2 aromatic rings. The Morgan fingerprint density at radius 3 is 2.20 bits per heavy atom. The smallest absolute Gasteiger partial charge is 0.0991 e. The minimum absolute atomic E-state index is 0.474. The minimum Gasteiger partial charge on any atom is -0.389 e. The van der Waals surface area contributed by atoms with E-state index >= 15 is 0 Å². The highest BCUT2D eigenvalue weighted by Gasteiger charge is 2.47. The molecule has 0 amide bonds. The molecule has 2 saturated heterocycles. The first-order valence-electron chi connectivity index (χ1n) is 9.16. The predicted octanol–water partition coefficient (Wildman–Crippen LogP) is 3.66. The van der Waals surface area contributed by atoms with Crippen LogP contribution in [0.15, 0.2) is 54.6 Å². The fourth-order valence-corrected chi connectivity index (χ4v) is 4.69. The number of nitriles is 1. The van der Waals surface area contributed by atoms with Crippen LogP contribution in [-0.4, -0.2) is 27.7 Å². The second-order valence-corrected chi connectivity index (χ2v) is 7.66. The van der Waals surface area contributed by atoms with E-state index in [1.807, 2.05) is 24.3 Å². The molecule has 25 heavy (non-hydrogen) atoms. The van der Waals surface area contributed by atoms with Crippen molar-refractivity contribution in [1.29, 1.82) is 5.26 Å². The van der Waals surface area contributed by atoms with Gasteiger partial charge in [-0.3, -0.25) is 4.90 Å². The van der Waals surface area contributed by atoms with Crippen LogP contribution in [0.4, 0.5) is 0 Å². The first-order chi connectivity index (χ1) is 12.1. The van der Waals surface area contributed by atoms with Gasteiger partial charge < -0.3 is 5.11 Å². The average Bonchev–Trinajstić information content (AvgIpc) is 2.87. The van der Waals surface area contributed by atoms with Crippen molar-refractivity contribution in [2.45, 2.75) is 56.3 Å². The van der Waals surface area contributed by atoms with Crippen LogP contribution in [0.3, 0.4) is 0 Å². The zero-order valence-electron chi connectivity index (χ0n) is 14.4. The highest BCUT2D eigenvalue weighted by molar-refractivity contribution is 5.32. The Morgan fingerprint density at radius 1 is 0.960 bits per heavy atom. The molecule has 2 aliphatic heterocycles. The molecule has 0 aromatic heterocycles. The van der Waals surface area contributed by atoms with E-state index in [4.69, 9.17) is 5.26 Å². The van der Waals surface area contributed by atoms with Gasteiger partial charge in [-0.25, -0.2) is 0 Å². The van der Waals surface area contributed by atoms with Crippen LogP contribution in [0.5, 0.6) is 0 Å². The zero-order chi connectivity index (χ0) is 17.3. The Bertz CT molecular complexity index is 749. The molecular weight excluding hydrogens is 308 g/mol. The third-order valence-corrected chi connectivity index (χ3v) is 5.83. The van der Waals surface area contributed by atoms with Gasteiger partial charge >= 0.3 is 0 Å². The second kappa shape index (κ2) is 6.63. The van der Waals surface area contributed by atoms with Crippen molar-refractivity contribution in [2.24, 2.45) is 0 Å². The maximum absolute atomic E-state index is 11.2. The summed E-state index contributed by atoms with van der Waals surface area (Å²) < 4.78 is 0. The maximum Gasteiger partial charge on any atom is 0.0991 e. The molecule has 0 radical (unpaired) electrons. The molecule has 2 bridgehead atoms. The third-order valence-electron chi connectivity index (χ3n) is 5.83. The number of benzene rings is 2. The van der Waals surface area contributed by atoms with Crippen LogP contribution in [0.1, 0.15) is 42.4 Å². The van der Waals surface area contributed by atoms with Crippen LogP contribution in [-0.2, 0) is 13.0 Å². The molecule has 0 aliphatic carbocycles. The van der Waals surface area contributed by atoms with E-state index in [-0.39, 0.29) is 0 Å². The molecule has 2 fully saturated rings. The lowest BCUT2D eigenvalue weighted by molar-refractivity contribution is -0.0540. The van der Waals surface area contributed by atoms with Gasteiger partial charge in [0.2, 0.25) is 0 Å². The largest absolute Gasteiger partial charge is 0.389 e. The summed E-state index contributed by atoms with van der Waals surface area (Å²) in [6, 6.07) is 21.4. The molecular formula is C22H24N2O. The molecule has 2 aromatic carbocycles. The van der Waals surface area contributed by atoms with Crippen LogP contribution in [0.2, 0.25) is 0 Å². The quantitative estimate of drug-likeness (QED) is 0.929. The second-order valence-electron chi connectivity index (χ2n) is 7.66. The van der Waals surface area contributed by atoms with Gasteiger partial charge in [0, 0.05) is 25.0 Å². The van der Waals surface area contributed by atoms with E-state index in [2.05, 4.69) is 41.3 Å². The van der Waals surface area contributed by atoms with Crippen LogP contribution in [0.25, 0.3) is 0 Å². The van der Waals surface area contributed by atoms with Gasteiger partial charge in [0.1, 0.15) is 0 Å². The number of fused-ring (bicyclic) bond motifs is 2. The van der Waals surface area contributed by atoms with E-state index in [0.29, 0.717) is 24.1 Å². The van der Waals surface area contributed by atoms with Crippen molar-refractivity contribution in [2.75, 3.05) is 0 Å². The first kappa shape index (κ1) is 16.3. The molecule has 4 rings (SSSR count). The summed E-state index contributed by atoms with van der Waals surface area (Å²) in [4.78, 5) is 2.60. The summed E-state index contributed by atoms with van der Waals surface area (Å²) in [7, 11) is 0. The number of piperidine rings is 1. The molecule has 2 atom stereocenters. The Labute approximate surface area is 149 Å². The Balaban J connectivity index is 1.45. The fraction of sp³-hybridized carbons (Fsp3) is 0.409. The number of aliphatic hydroxyl groups is 1.